The highest BCUT2D eigenvalue weighted by atomic mass is 79.9. The van der Waals surface area contributed by atoms with E-state index in [9.17, 15) is 0 Å². The maximum atomic E-state index is 6.37. The Kier molecular flexibility index (Phi) is 3.64. The van der Waals surface area contributed by atoms with E-state index in [-0.39, 0.29) is 6.04 Å². The molecule has 96 valence electrons. The van der Waals surface area contributed by atoms with Gasteiger partial charge in [-0.1, -0.05) is 18.2 Å². The molecule has 0 aliphatic heterocycles. The molecule has 2 nitrogen and oxygen atoms in total. The lowest BCUT2D eigenvalue weighted by Crippen LogP contribution is -2.13. The summed E-state index contributed by atoms with van der Waals surface area (Å²) in [6.07, 6.45) is 2.66. The third-order valence-electron chi connectivity index (χ3n) is 3.13. The summed E-state index contributed by atoms with van der Waals surface area (Å²) in [5.74, 6) is 0. The van der Waals surface area contributed by atoms with Gasteiger partial charge in [-0.2, -0.15) is 0 Å². The number of halogens is 1. The molecule has 19 heavy (non-hydrogen) atoms. The zero-order valence-electron chi connectivity index (χ0n) is 10.2. The monoisotopic (exact) mass is 332 g/mol. The van der Waals surface area contributed by atoms with Gasteiger partial charge in [0.25, 0.3) is 0 Å². The Hall–Kier alpha value is -1.23. The predicted molar refractivity (Wildman–Crippen MR) is 84.4 cm³/mol. The summed E-state index contributed by atoms with van der Waals surface area (Å²) in [6.45, 7) is 0. The molecule has 2 heterocycles. The lowest BCUT2D eigenvalue weighted by Gasteiger charge is -2.13. The molecular weight excluding hydrogens is 320 g/mol. The number of fused-ring (bicyclic) bond motifs is 1. The quantitative estimate of drug-likeness (QED) is 0.776. The molecule has 0 saturated carbocycles. The molecule has 0 amide bonds. The minimum atomic E-state index is -0.00144. The Morgan fingerprint density at radius 1 is 1.16 bits per heavy atom. The van der Waals surface area contributed by atoms with Gasteiger partial charge in [0.15, 0.2) is 0 Å². The Morgan fingerprint density at radius 3 is 2.84 bits per heavy atom. The number of pyridine rings is 1. The average Bonchev–Trinajstić information content (AvgIpc) is 2.83. The van der Waals surface area contributed by atoms with E-state index in [0.29, 0.717) is 0 Å². The van der Waals surface area contributed by atoms with Crippen LogP contribution in [0.2, 0.25) is 0 Å². The van der Waals surface area contributed by atoms with Crippen molar-refractivity contribution in [1.82, 2.24) is 4.98 Å². The van der Waals surface area contributed by atoms with Crippen LogP contribution in [0.1, 0.15) is 16.5 Å². The number of rotatable bonds is 3. The van der Waals surface area contributed by atoms with Gasteiger partial charge in [0.05, 0.1) is 9.30 Å². The first-order chi connectivity index (χ1) is 9.24. The third kappa shape index (κ3) is 2.71. The number of hydrogen-bond acceptors (Lipinski definition) is 3. The third-order valence-corrected chi connectivity index (χ3v) is 4.77. The molecule has 0 aliphatic rings. The number of nitrogens with zero attached hydrogens (tertiary/aromatic N) is 1. The van der Waals surface area contributed by atoms with Crippen molar-refractivity contribution in [1.29, 1.82) is 0 Å². The molecule has 0 saturated heterocycles. The first-order valence-corrected chi connectivity index (χ1v) is 7.68. The summed E-state index contributed by atoms with van der Waals surface area (Å²) in [4.78, 5) is 5.67. The van der Waals surface area contributed by atoms with E-state index >= 15 is 0 Å². The van der Waals surface area contributed by atoms with Crippen molar-refractivity contribution in [3.63, 3.8) is 0 Å². The molecule has 0 radical (unpaired) electrons. The van der Waals surface area contributed by atoms with Crippen molar-refractivity contribution in [3.05, 3.63) is 62.9 Å². The van der Waals surface area contributed by atoms with Gasteiger partial charge in [0.1, 0.15) is 0 Å². The summed E-state index contributed by atoms with van der Waals surface area (Å²) in [5.41, 5.74) is 8.53. The standard InChI is InChI=1S/C15H13BrN2S/c16-15-7-6-10(19-15)9-13(17)11-3-1-5-14-12(11)4-2-8-18-14/h1-8,13H,9,17H2. The predicted octanol–water partition coefficient (Wildman–Crippen LogP) is 4.30. The summed E-state index contributed by atoms with van der Waals surface area (Å²) < 4.78 is 1.15. The summed E-state index contributed by atoms with van der Waals surface area (Å²) >= 11 is 5.22. The van der Waals surface area contributed by atoms with Crippen LogP contribution in [-0.4, -0.2) is 4.98 Å². The van der Waals surface area contributed by atoms with E-state index in [1.807, 2.05) is 24.4 Å². The fourth-order valence-electron chi connectivity index (χ4n) is 2.24. The Labute approximate surface area is 124 Å². The van der Waals surface area contributed by atoms with Crippen molar-refractivity contribution < 1.29 is 0 Å². The minimum Gasteiger partial charge on any atom is -0.324 e. The van der Waals surface area contributed by atoms with Gasteiger partial charge in [-0.3, -0.25) is 4.98 Å². The van der Waals surface area contributed by atoms with Gasteiger partial charge in [-0.25, -0.2) is 0 Å². The van der Waals surface area contributed by atoms with Crippen molar-refractivity contribution in [2.24, 2.45) is 5.73 Å². The molecule has 3 rings (SSSR count). The van der Waals surface area contributed by atoms with Crippen LogP contribution in [0.25, 0.3) is 10.9 Å². The second-order valence-corrected chi connectivity index (χ2v) is 6.98. The lowest BCUT2D eigenvalue weighted by molar-refractivity contribution is 0.736. The molecule has 0 bridgehead atoms. The molecule has 2 N–H and O–H groups in total. The van der Waals surface area contributed by atoms with Gasteiger partial charge < -0.3 is 5.73 Å². The van der Waals surface area contributed by atoms with Gasteiger partial charge in [-0.05, 0) is 45.8 Å². The number of aromatic nitrogens is 1. The molecule has 0 spiro atoms. The van der Waals surface area contributed by atoms with Gasteiger partial charge in [0, 0.05) is 28.9 Å². The maximum Gasteiger partial charge on any atom is 0.0705 e. The molecule has 1 unspecified atom stereocenters. The molecule has 1 atom stereocenters. The topological polar surface area (TPSA) is 38.9 Å². The minimum absolute atomic E-state index is 0.00144. The van der Waals surface area contributed by atoms with Crippen LogP contribution in [0.5, 0.6) is 0 Å². The van der Waals surface area contributed by atoms with E-state index in [1.54, 1.807) is 11.3 Å². The fourth-order valence-corrected chi connectivity index (χ4v) is 3.78. The first kappa shape index (κ1) is 12.8. The highest BCUT2D eigenvalue weighted by Gasteiger charge is 2.12. The average molecular weight is 333 g/mol. The molecule has 0 fully saturated rings. The van der Waals surface area contributed by atoms with Crippen LogP contribution in [-0.2, 0) is 6.42 Å². The van der Waals surface area contributed by atoms with Gasteiger partial charge in [0.2, 0.25) is 0 Å². The molecule has 3 aromatic rings. The number of nitrogens with two attached hydrogens (primary N) is 1. The molecular formula is C15H13BrN2S. The van der Waals surface area contributed by atoms with E-state index < -0.39 is 0 Å². The zero-order valence-corrected chi connectivity index (χ0v) is 12.6. The summed E-state index contributed by atoms with van der Waals surface area (Å²) in [6, 6.07) is 14.4. The molecule has 4 heteroatoms. The summed E-state index contributed by atoms with van der Waals surface area (Å²) in [5, 5.41) is 1.15. The molecule has 0 aliphatic carbocycles. The van der Waals surface area contributed by atoms with Crippen LogP contribution in [0, 0.1) is 0 Å². The number of hydrogen-bond donors (Lipinski definition) is 1. The Bertz CT molecular complexity index is 703. The normalized spacial score (nSPS) is 12.7. The lowest BCUT2D eigenvalue weighted by atomic mass is 9.99. The van der Waals surface area contributed by atoms with Gasteiger partial charge >= 0.3 is 0 Å². The second kappa shape index (κ2) is 5.41. The summed E-state index contributed by atoms with van der Waals surface area (Å²) in [7, 11) is 0. The first-order valence-electron chi connectivity index (χ1n) is 6.07. The largest absolute Gasteiger partial charge is 0.324 e. The highest BCUT2D eigenvalue weighted by molar-refractivity contribution is 9.11. The van der Waals surface area contributed by atoms with Crippen LogP contribution >= 0.6 is 27.3 Å². The van der Waals surface area contributed by atoms with Crippen molar-refractivity contribution in [2.75, 3.05) is 0 Å². The maximum absolute atomic E-state index is 6.37. The van der Waals surface area contributed by atoms with Crippen LogP contribution in [0.4, 0.5) is 0 Å². The van der Waals surface area contributed by atoms with E-state index in [0.717, 1.165) is 26.7 Å². The zero-order chi connectivity index (χ0) is 13.2. The van der Waals surface area contributed by atoms with Crippen LogP contribution in [0.3, 0.4) is 0 Å². The van der Waals surface area contributed by atoms with Crippen molar-refractivity contribution >= 4 is 38.2 Å². The van der Waals surface area contributed by atoms with E-state index in [1.165, 1.54) is 4.88 Å². The SMILES string of the molecule is NC(Cc1ccc(Br)s1)c1cccc2ncccc12. The second-order valence-electron chi connectivity index (χ2n) is 4.43. The number of benzene rings is 1. The Balaban J connectivity index is 1.95. The Morgan fingerprint density at radius 2 is 2.05 bits per heavy atom. The van der Waals surface area contributed by atoms with E-state index in [2.05, 4.69) is 45.2 Å². The fraction of sp³-hybridized carbons (Fsp3) is 0.133. The van der Waals surface area contributed by atoms with E-state index in [4.69, 9.17) is 5.73 Å². The van der Waals surface area contributed by atoms with Crippen LogP contribution < -0.4 is 5.73 Å². The highest BCUT2D eigenvalue weighted by Crippen LogP contribution is 2.28. The van der Waals surface area contributed by atoms with Gasteiger partial charge in [-0.15, -0.1) is 11.3 Å². The van der Waals surface area contributed by atoms with Crippen molar-refractivity contribution in [2.45, 2.75) is 12.5 Å². The van der Waals surface area contributed by atoms with Crippen molar-refractivity contribution in [3.8, 4) is 0 Å². The molecule has 2 aromatic heterocycles. The smallest absolute Gasteiger partial charge is 0.0705 e. The molecule has 1 aromatic carbocycles. The van der Waals surface area contributed by atoms with Crippen LogP contribution in [0.15, 0.2) is 52.4 Å². The number of thiophene rings is 1.